The van der Waals surface area contributed by atoms with Crippen molar-refractivity contribution in [2.75, 3.05) is 13.1 Å². The van der Waals surface area contributed by atoms with Gasteiger partial charge in [0.25, 0.3) is 0 Å². The monoisotopic (exact) mass is 210 g/mol. The van der Waals surface area contributed by atoms with E-state index >= 15 is 0 Å². The van der Waals surface area contributed by atoms with Crippen LogP contribution in [0.25, 0.3) is 0 Å². The molecule has 1 saturated heterocycles. The lowest BCUT2D eigenvalue weighted by Gasteiger charge is -2.44. The molecular weight excluding hydrogens is 196 g/mol. The van der Waals surface area contributed by atoms with E-state index in [9.17, 15) is 9.90 Å². The Hall–Kier alpha value is -1.43. The van der Waals surface area contributed by atoms with Gasteiger partial charge in [0, 0.05) is 12.6 Å². The normalized spacial score (nSPS) is 18.7. The summed E-state index contributed by atoms with van der Waals surface area (Å²) >= 11 is 0. The zero-order valence-electron chi connectivity index (χ0n) is 8.63. The topological polar surface area (TPSA) is 71.2 Å². The molecular formula is C9H14N4O2. The van der Waals surface area contributed by atoms with Gasteiger partial charge in [-0.15, -0.1) is 5.10 Å². The van der Waals surface area contributed by atoms with Crippen LogP contribution in [0.15, 0.2) is 12.4 Å². The second kappa shape index (κ2) is 3.62. The van der Waals surface area contributed by atoms with Crippen molar-refractivity contribution in [3.8, 4) is 0 Å². The Kier molecular flexibility index (Phi) is 2.44. The van der Waals surface area contributed by atoms with Crippen LogP contribution in [0.3, 0.4) is 0 Å². The standard InChI is InChI=1S/C9H14N4O2/c1-9(15)6-12(7-9)8(14)2-4-13-5-3-10-11-13/h3,5,15H,2,4,6-7H2,1H3. The lowest BCUT2D eigenvalue weighted by molar-refractivity contribution is -0.152. The summed E-state index contributed by atoms with van der Waals surface area (Å²) in [6.07, 6.45) is 3.71. The first-order chi connectivity index (χ1) is 7.07. The number of rotatable bonds is 3. The van der Waals surface area contributed by atoms with Gasteiger partial charge in [0.15, 0.2) is 0 Å². The van der Waals surface area contributed by atoms with Crippen LogP contribution in [0.1, 0.15) is 13.3 Å². The minimum Gasteiger partial charge on any atom is -0.386 e. The molecule has 0 radical (unpaired) electrons. The smallest absolute Gasteiger partial charge is 0.224 e. The molecule has 0 spiro atoms. The van der Waals surface area contributed by atoms with Crippen molar-refractivity contribution >= 4 is 5.91 Å². The Morgan fingerprint density at radius 3 is 2.87 bits per heavy atom. The summed E-state index contributed by atoms with van der Waals surface area (Å²) in [4.78, 5) is 13.2. The van der Waals surface area contributed by atoms with E-state index in [0.29, 0.717) is 26.1 Å². The number of β-amino-alcohol motifs (C(OH)–C–C–N with tert-alkyl or cyclic N) is 1. The van der Waals surface area contributed by atoms with Gasteiger partial charge in [-0.1, -0.05) is 5.21 Å². The highest BCUT2D eigenvalue weighted by molar-refractivity contribution is 5.77. The quantitative estimate of drug-likeness (QED) is 0.713. The molecule has 6 nitrogen and oxygen atoms in total. The molecule has 1 aliphatic rings. The first-order valence-electron chi connectivity index (χ1n) is 4.91. The fourth-order valence-corrected chi connectivity index (χ4v) is 1.67. The van der Waals surface area contributed by atoms with Crippen LogP contribution >= 0.6 is 0 Å². The summed E-state index contributed by atoms with van der Waals surface area (Å²) in [5.41, 5.74) is -0.692. The second-order valence-corrected chi connectivity index (χ2v) is 4.16. The second-order valence-electron chi connectivity index (χ2n) is 4.16. The molecule has 0 atom stereocenters. The molecule has 0 unspecified atom stereocenters. The molecule has 1 N–H and O–H groups in total. The molecule has 1 aliphatic heterocycles. The number of amides is 1. The summed E-state index contributed by atoms with van der Waals surface area (Å²) in [6.45, 7) is 3.14. The predicted molar refractivity (Wildman–Crippen MR) is 51.8 cm³/mol. The summed E-state index contributed by atoms with van der Waals surface area (Å²) in [6, 6.07) is 0. The molecule has 15 heavy (non-hydrogen) atoms. The molecule has 0 bridgehead atoms. The zero-order valence-corrected chi connectivity index (χ0v) is 8.63. The Labute approximate surface area is 87.5 Å². The van der Waals surface area contributed by atoms with Crippen LogP contribution < -0.4 is 0 Å². The fraction of sp³-hybridized carbons (Fsp3) is 0.667. The van der Waals surface area contributed by atoms with Gasteiger partial charge in [-0.3, -0.25) is 9.48 Å². The Morgan fingerprint density at radius 1 is 1.60 bits per heavy atom. The van der Waals surface area contributed by atoms with Crippen LogP contribution in [0.2, 0.25) is 0 Å². The average molecular weight is 210 g/mol. The minimum absolute atomic E-state index is 0.0528. The van der Waals surface area contributed by atoms with Crippen LogP contribution in [0.5, 0.6) is 0 Å². The molecule has 0 aliphatic carbocycles. The summed E-state index contributed by atoms with van der Waals surface area (Å²) in [5, 5.41) is 16.9. The van der Waals surface area contributed by atoms with Crippen molar-refractivity contribution in [1.82, 2.24) is 19.9 Å². The predicted octanol–water partition coefficient (Wildman–Crippen LogP) is -0.739. The van der Waals surface area contributed by atoms with Crippen LogP contribution in [0.4, 0.5) is 0 Å². The van der Waals surface area contributed by atoms with E-state index in [1.54, 1.807) is 28.9 Å². The molecule has 0 saturated carbocycles. The highest BCUT2D eigenvalue weighted by Gasteiger charge is 2.38. The summed E-state index contributed by atoms with van der Waals surface area (Å²) in [5.74, 6) is 0.0528. The third-order valence-electron chi connectivity index (χ3n) is 2.44. The third-order valence-corrected chi connectivity index (χ3v) is 2.44. The van der Waals surface area contributed by atoms with Crippen molar-refractivity contribution in [2.24, 2.45) is 0 Å². The van der Waals surface area contributed by atoms with E-state index < -0.39 is 5.60 Å². The first kappa shape index (κ1) is 10.1. The molecule has 82 valence electrons. The number of aliphatic hydroxyl groups is 1. The average Bonchev–Trinajstić information content (AvgIpc) is 2.62. The Morgan fingerprint density at radius 2 is 2.33 bits per heavy atom. The van der Waals surface area contributed by atoms with Gasteiger partial charge in [-0.05, 0) is 6.92 Å². The number of carbonyl (C=O) groups is 1. The zero-order chi connectivity index (χ0) is 10.9. The van der Waals surface area contributed by atoms with Gasteiger partial charge in [0.2, 0.25) is 5.91 Å². The molecule has 2 rings (SSSR count). The van der Waals surface area contributed by atoms with E-state index in [1.807, 2.05) is 0 Å². The van der Waals surface area contributed by atoms with Crippen molar-refractivity contribution in [1.29, 1.82) is 0 Å². The van der Waals surface area contributed by atoms with E-state index in [2.05, 4.69) is 10.3 Å². The first-order valence-corrected chi connectivity index (χ1v) is 4.91. The largest absolute Gasteiger partial charge is 0.386 e. The molecule has 1 fully saturated rings. The van der Waals surface area contributed by atoms with Gasteiger partial charge in [-0.25, -0.2) is 0 Å². The highest BCUT2D eigenvalue weighted by Crippen LogP contribution is 2.20. The van der Waals surface area contributed by atoms with Crippen LogP contribution in [-0.4, -0.2) is 49.6 Å². The van der Waals surface area contributed by atoms with Gasteiger partial charge < -0.3 is 10.0 Å². The van der Waals surface area contributed by atoms with Crippen molar-refractivity contribution < 1.29 is 9.90 Å². The van der Waals surface area contributed by atoms with Crippen molar-refractivity contribution in [2.45, 2.75) is 25.5 Å². The van der Waals surface area contributed by atoms with Crippen LogP contribution in [-0.2, 0) is 11.3 Å². The maximum Gasteiger partial charge on any atom is 0.224 e. The van der Waals surface area contributed by atoms with Gasteiger partial charge in [0.1, 0.15) is 0 Å². The summed E-state index contributed by atoms with van der Waals surface area (Å²) < 4.78 is 1.62. The Balaban J connectivity index is 1.75. The number of nitrogens with zero attached hydrogens (tertiary/aromatic N) is 4. The Bertz CT molecular complexity index is 339. The number of carbonyl (C=O) groups excluding carboxylic acids is 1. The molecule has 1 aromatic heterocycles. The van der Waals surface area contributed by atoms with Crippen molar-refractivity contribution in [3.05, 3.63) is 12.4 Å². The molecule has 2 heterocycles. The van der Waals surface area contributed by atoms with Gasteiger partial charge in [0.05, 0.1) is 31.4 Å². The lowest BCUT2D eigenvalue weighted by atomic mass is 9.97. The van der Waals surface area contributed by atoms with Crippen LogP contribution in [0, 0.1) is 0 Å². The van der Waals surface area contributed by atoms with E-state index in [0.717, 1.165) is 0 Å². The molecule has 1 amide bonds. The molecule has 6 heteroatoms. The maximum atomic E-state index is 11.6. The minimum atomic E-state index is -0.692. The number of hydrogen-bond donors (Lipinski definition) is 1. The number of likely N-dealkylation sites (tertiary alicyclic amines) is 1. The summed E-state index contributed by atoms with van der Waals surface area (Å²) in [7, 11) is 0. The maximum absolute atomic E-state index is 11.6. The number of hydrogen-bond acceptors (Lipinski definition) is 4. The molecule has 1 aromatic rings. The van der Waals surface area contributed by atoms with Gasteiger partial charge in [-0.2, -0.15) is 0 Å². The highest BCUT2D eigenvalue weighted by atomic mass is 16.3. The number of aromatic nitrogens is 3. The fourth-order valence-electron chi connectivity index (χ4n) is 1.67. The number of aryl methyl sites for hydroxylation is 1. The molecule has 0 aromatic carbocycles. The van der Waals surface area contributed by atoms with Crippen molar-refractivity contribution in [3.63, 3.8) is 0 Å². The lowest BCUT2D eigenvalue weighted by Crippen LogP contribution is -2.61. The van der Waals surface area contributed by atoms with E-state index in [4.69, 9.17) is 0 Å². The third kappa shape index (κ3) is 2.33. The van der Waals surface area contributed by atoms with Gasteiger partial charge >= 0.3 is 0 Å². The SMILES string of the molecule is CC1(O)CN(C(=O)CCn2ccnn2)C1. The van der Waals surface area contributed by atoms with E-state index in [1.165, 1.54) is 0 Å². The van der Waals surface area contributed by atoms with E-state index in [-0.39, 0.29) is 5.91 Å².